The molecule has 1 aromatic carbocycles. The molecule has 0 bridgehead atoms. The van der Waals surface area contributed by atoms with E-state index in [0.717, 1.165) is 25.9 Å². The highest BCUT2D eigenvalue weighted by Gasteiger charge is 2.28. The zero-order valence-corrected chi connectivity index (χ0v) is 19.9. The van der Waals surface area contributed by atoms with Crippen molar-refractivity contribution in [1.29, 1.82) is 0 Å². The minimum atomic E-state index is -0.116. The van der Waals surface area contributed by atoms with E-state index in [-0.39, 0.29) is 29.9 Å². The molecule has 2 rings (SSSR count). The Morgan fingerprint density at radius 3 is 2.61 bits per heavy atom. The van der Waals surface area contributed by atoms with Gasteiger partial charge in [-0.05, 0) is 44.4 Å². The van der Waals surface area contributed by atoms with Gasteiger partial charge in [0.15, 0.2) is 0 Å². The van der Waals surface area contributed by atoms with E-state index in [0.29, 0.717) is 36.6 Å². The van der Waals surface area contributed by atoms with Crippen LogP contribution >= 0.6 is 0 Å². The Morgan fingerprint density at radius 2 is 1.97 bits per heavy atom. The molecule has 1 heterocycles. The molecule has 7 heteroatoms. The lowest BCUT2D eigenvalue weighted by Gasteiger charge is -2.35. The highest BCUT2D eigenvalue weighted by molar-refractivity contribution is 5.98. The van der Waals surface area contributed by atoms with Crippen LogP contribution in [-0.2, 0) is 9.53 Å². The van der Waals surface area contributed by atoms with Crippen molar-refractivity contribution < 1.29 is 19.1 Å². The molecule has 1 N–H and O–H groups in total. The number of nitrogens with one attached hydrogen (secondary N) is 1. The minimum Gasteiger partial charge on any atom is -0.491 e. The summed E-state index contributed by atoms with van der Waals surface area (Å²) in [6, 6.07) is 5.43. The monoisotopic (exact) mass is 433 g/mol. The van der Waals surface area contributed by atoms with E-state index >= 15 is 0 Å². The number of fused-ring (bicyclic) bond motifs is 1. The SMILES string of the molecule is CCCC(=O)Nc1ccc2c(c1)OC[C@H](C)N(CCC)C[C@H](C)[C@@H](OC)CN(C)C2=O. The topological polar surface area (TPSA) is 71.1 Å². The molecule has 1 aromatic rings. The van der Waals surface area contributed by atoms with Crippen LogP contribution in [0.25, 0.3) is 0 Å². The van der Waals surface area contributed by atoms with Crippen LogP contribution in [0, 0.1) is 5.92 Å². The van der Waals surface area contributed by atoms with E-state index < -0.39 is 0 Å². The molecule has 0 saturated carbocycles. The van der Waals surface area contributed by atoms with E-state index in [9.17, 15) is 9.59 Å². The second-order valence-corrected chi connectivity index (χ2v) is 8.60. The normalized spacial score (nSPS) is 23.4. The summed E-state index contributed by atoms with van der Waals surface area (Å²) >= 11 is 0. The van der Waals surface area contributed by atoms with Crippen LogP contribution in [0.2, 0.25) is 0 Å². The van der Waals surface area contributed by atoms with Gasteiger partial charge in [-0.2, -0.15) is 0 Å². The van der Waals surface area contributed by atoms with Crippen LogP contribution in [0.3, 0.4) is 0 Å². The van der Waals surface area contributed by atoms with E-state index in [4.69, 9.17) is 9.47 Å². The molecule has 1 aliphatic rings. The first-order valence-corrected chi connectivity index (χ1v) is 11.4. The summed E-state index contributed by atoms with van der Waals surface area (Å²) in [6.07, 6.45) is 2.23. The second-order valence-electron chi connectivity index (χ2n) is 8.60. The average Bonchev–Trinajstić information content (AvgIpc) is 2.74. The van der Waals surface area contributed by atoms with Crippen LogP contribution in [0.4, 0.5) is 5.69 Å². The zero-order valence-electron chi connectivity index (χ0n) is 19.9. The van der Waals surface area contributed by atoms with Crippen LogP contribution < -0.4 is 10.1 Å². The van der Waals surface area contributed by atoms with Crippen molar-refractivity contribution in [3.05, 3.63) is 23.8 Å². The Balaban J connectivity index is 2.38. The highest BCUT2D eigenvalue weighted by Crippen LogP contribution is 2.27. The number of likely N-dealkylation sites (N-methyl/N-ethyl adjacent to an activating group) is 1. The van der Waals surface area contributed by atoms with Crippen molar-refractivity contribution in [2.24, 2.45) is 5.92 Å². The lowest BCUT2D eigenvalue weighted by molar-refractivity contribution is -0.116. The van der Waals surface area contributed by atoms with Crippen molar-refractivity contribution in [1.82, 2.24) is 9.80 Å². The summed E-state index contributed by atoms with van der Waals surface area (Å²) < 4.78 is 11.9. The van der Waals surface area contributed by atoms with Crippen LogP contribution in [-0.4, -0.2) is 74.2 Å². The maximum atomic E-state index is 13.2. The third-order valence-electron chi connectivity index (χ3n) is 5.85. The van der Waals surface area contributed by atoms with Gasteiger partial charge in [-0.3, -0.25) is 14.5 Å². The summed E-state index contributed by atoms with van der Waals surface area (Å²) in [4.78, 5) is 29.3. The minimum absolute atomic E-state index is 0.0431. The summed E-state index contributed by atoms with van der Waals surface area (Å²) in [5.41, 5.74) is 1.13. The van der Waals surface area contributed by atoms with Gasteiger partial charge in [0.25, 0.3) is 5.91 Å². The first kappa shape index (κ1) is 25.1. The Bertz CT molecular complexity index is 740. The number of carbonyl (C=O) groups excluding carboxylic acids is 2. The van der Waals surface area contributed by atoms with Gasteiger partial charge in [0.05, 0.1) is 11.7 Å². The molecule has 0 unspecified atom stereocenters. The maximum absolute atomic E-state index is 13.2. The van der Waals surface area contributed by atoms with Gasteiger partial charge >= 0.3 is 0 Å². The second kappa shape index (κ2) is 12.1. The molecule has 7 nitrogen and oxygen atoms in total. The summed E-state index contributed by atoms with van der Waals surface area (Å²) in [5.74, 6) is 0.606. The lowest BCUT2D eigenvalue weighted by Crippen LogP contribution is -2.46. The fourth-order valence-electron chi connectivity index (χ4n) is 3.97. The van der Waals surface area contributed by atoms with Crippen molar-refractivity contribution in [2.75, 3.05) is 45.7 Å². The fraction of sp³-hybridized carbons (Fsp3) is 0.667. The first-order valence-electron chi connectivity index (χ1n) is 11.4. The molecule has 0 spiro atoms. The molecule has 0 radical (unpaired) electrons. The number of anilines is 1. The smallest absolute Gasteiger partial charge is 0.257 e. The van der Waals surface area contributed by atoms with Gasteiger partial charge in [-0.1, -0.05) is 20.8 Å². The van der Waals surface area contributed by atoms with Crippen molar-refractivity contribution in [2.45, 2.75) is 59.1 Å². The van der Waals surface area contributed by atoms with Crippen LogP contribution in [0.15, 0.2) is 18.2 Å². The van der Waals surface area contributed by atoms with Gasteiger partial charge < -0.3 is 19.7 Å². The lowest BCUT2D eigenvalue weighted by atomic mass is 10.0. The Labute approximate surface area is 187 Å². The number of rotatable bonds is 6. The van der Waals surface area contributed by atoms with Crippen molar-refractivity contribution >= 4 is 17.5 Å². The predicted octanol–water partition coefficient (Wildman–Crippen LogP) is 3.64. The van der Waals surface area contributed by atoms with Crippen molar-refractivity contribution in [3.63, 3.8) is 0 Å². The molecule has 174 valence electrons. The summed E-state index contributed by atoms with van der Waals surface area (Å²) in [6.45, 7) is 11.3. The average molecular weight is 434 g/mol. The van der Waals surface area contributed by atoms with Gasteiger partial charge in [0.1, 0.15) is 12.4 Å². The highest BCUT2D eigenvalue weighted by atomic mass is 16.5. The number of ether oxygens (including phenoxy) is 2. The third-order valence-corrected chi connectivity index (χ3v) is 5.85. The van der Waals surface area contributed by atoms with E-state index in [1.165, 1.54) is 0 Å². The Morgan fingerprint density at radius 1 is 1.23 bits per heavy atom. The molecule has 0 fully saturated rings. The number of carbonyl (C=O) groups is 2. The molecule has 0 saturated heterocycles. The van der Waals surface area contributed by atoms with E-state index in [1.54, 1.807) is 37.3 Å². The van der Waals surface area contributed by atoms with Gasteiger partial charge in [0.2, 0.25) is 5.91 Å². The fourth-order valence-corrected chi connectivity index (χ4v) is 3.97. The summed E-state index contributed by atoms with van der Waals surface area (Å²) in [5, 5.41) is 2.89. The largest absolute Gasteiger partial charge is 0.491 e. The number of benzene rings is 1. The molecule has 0 aromatic heterocycles. The van der Waals surface area contributed by atoms with Crippen LogP contribution in [0.5, 0.6) is 5.75 Å². The van der Waals surface area contributed by atoms with Crippen LogP contribution in [0.1, 0.15) is 57.3 Å². The molecular weight excluding hydrogens is 394 g/mol. The Hall–Kier alpha value is -2.12. The van der Waals surface area contributed by atoms with Gasteiger partial charge in [-0.25, -0.2) is 0 Å². The zero-order chi connectivity index (χ0) is 23.0. The standard InChI is InChI=1S/C24H39N3O4/c1-7-9-23(28)25-19-10-11-20-21(13-19)31-16-18(4)27(12-8-2)14-17(3)22(30-6)15-26(5)24(20)29/h10-11,13,17-18,22H,7-9,12,14-16H2,1-6H3,(H,25,28)/t17-,18-,22-/m0/s1. The molecule has 2 amide bonds. The number of methoxy groups -OCH3 is 1. The Kier molecular flexibility index (Phi) is 9.78. The van der Waals surface area contributed by atoms with Gasteiger partial charge in [-0.15, -0.1) is 0 Å². The first-order chi connectivity index (χ1) is 14.8. The third kappa shape index (κ3) is 6.94. The maximum Gasteiger partial charge on any atom is 0.257 e. The molecular formula is C24H39N3O4. The van der Waals surface area contributed by atoms with E-state index in [2.05, 4.69) is 31.0 Å². The van der Waals surface area contributed by atoms with Crippen molar-refractivity contribution in [3.8, 4) is 5.75 Å². The number of amides is 2. The summed E-state index contributed by atoms with van der Waals surface area (Å²) in [7, 11) is 3.50. The number of hydrogen-bond acceptors (Lipinski definition) is 5. The van der Waals surface area contributed by atoms with E-state index in [1.807, 2.05) is 6.92 Å². The molecule has 0 aliphatic carbocycles. The number of nitrogens with zero attached hydrogens (tertiary/aromatic N) is 2. The number of hydrogen-bond donors (Lipinski definition) is 1. The molecule has 31 heavy (non-hydrogen) atoms. The molecule has 1 aliphatic heterocycles. The molecule has 3 atom stereocenters. The predicted molar refractivity (Wildman–Crippen MR) is 124 cm³/mol. The van der Waals surface area contributed by atoms with Gasteiger partial charge in [0, 0.05) is 51.5 Å². The quantitative estimate of drug-likeness (QED) is 0.742.